The first-order chi connectivity index (χ1) is 6.18. The molecule has 1 aromatic rings. The molecule has 0 amide bonds. The van der Waals surface area contributed by atoms with Gasteiger partial charge in [0.15, 0.2) is 0 Å². The summed E-state index contributed by atoms with van der Waals surface area (Å²) in [6, 6.07) is 1.09. The van der Waals surface area contributed by atoms with Crippen LogP contribution >= 0.6 is 0 Å². The Morgan fingerprint density at radius 3 is 3.00 bits per heavy atom. The van der Waals surface area contributed by atoms with E-state index in [2.05, 4.69) is 40.4 Å². The zero-order valence-corrected chi connectivity index (χ0v) is 8.44. The number of aromatic nitrogens is 3. The molecule has 0 aliphatic carbocycles. The van der Waals surface area contributed by atoms with Crippen molar-refractivity contribution < 1.29 is 0 Å². The average molecular weight is 180 g/mol. The van der Waals surface area contributed by atoms with Gasteiger partial charge in [0.1, 0.15) is 12.2 Å². The minimum atomic E-state index is 0.501. The summed E-state index contributed by atoms with van der Waals surface area (Å²) in [4.78, 5) is 2.43. The van der Waals surface area contributed by atoms with Gasteiger partial charge < -0.3 is 4.57 Å². The normalized spacial score (nSPS) is 23.5. The SMILES string of the molecule is CC(C)N1Cc2nncn2[C@H](C)C1. The van der Waals surface area contributed by atoms with Gasteiger partial charge in [0, 0.05) is 18.6 Å². The summed E-state index contributed by atoms with van der Waals surface area (Å²) in [6.07, 6.45) is 1.83. The second-order valence-electron chi connectivity index (χ2n) is 4.03. The monoisotopic (exact) mass is 180 g/mol. The van der Waals surface area contributed by atoms with Crippen molar-refractivity contribution in [1.82, 2.24) is 19.7 Å². The molecule has 1 aliphatic rings. The molecule has 0 aromatic carbocycles. The molecular formula is C9H16N4. The van der Waals surface area contributed by atoms with Crippen molar-refractivity contribution in [1.29, 1.82) is 0 Å². The summed E-state index contributed by atoms with van der Waals surface area (Å²) in [6.45, 7) is 8.68. The molecule has 4 nitrogen and oxygen atoms in total. The Hall–Kier alpha value is -0.900. The van der Waals surface area contributed by atoms with Crippen LogP contribution in [0.4, 0.5) is 0 Å². The minimum Gasteiger partial charge on any atom is -0.312 e. The van der Waals surface area contributed by atoms with Gasteiger partial charge in [-0.25, -0.2) is 0 Å². The van der Waals surface area contributed by atoms with Crippen molar-refractivity contribution in [2.45, 2.75) is 39.4 Å². The molecule has 4 heteroatoms. The van der Waals surface area contributed by atoms with Gasteiger partial charge in [0.2, 0.25) is 0 Å². The largest absolute Gasteiger partial charge is 0.312 e. The Bertz CT molecular complexity index is 292. The van der Waals surface area contributed by atoms with E-state index in [4.69, 9.17) is 0 Å². The average Bonchev–Trinajstić information content (AvgIpc) is 2.51. The fourth-order valence-electron chi connectivity index (χ4n) is 1.81. The van der Waals surface area contributed by atoms with Crippen molar-refractivity contribution >= 4 is 0 Å². The van der Waals surface area contributed by atoms with Gasteiger partial charge in [-0.3, -0.25) is 4.90 Å². The van der Waals surface area contributed by atoms with E-state index in [1.807, 2.05) is 6.33 Å². The third-order valence-corrected chi connectivity index (χ3v) is 2.70. The molecule has 0 fully saturated rings. The van der Waals surface area contributed by atoms with Crippen molar-refractivity contribution in [3.8, 4) is 0 Å². The molecule has 0 radical (unpaired) electrons. The minimum absolute atomic E-state index is 0.501. The summed E-state index contributed by atoms with van der Waals surface area (Å²) in [5.74, 6) is 1.09. The molecule has 1 atom stereocenters. The van der Waals surface area contributed by atoms with E-state index in [1.165, 1.54) is 0 Å². The van der Waals surface area contributed by atoms with Gasteiger partial charge in [0.05, 0.1) is 6.54 Å². The maximum atomic E-state index is 4.11. The van der Waals surface area contributed by atoms with Crippen molar-refractivity contribution in [3.63, 3.8) is 0 Å². The van der Waals surface area contributed by atoms with Crippen LogP contribution in [0, 0.1) is 0 Å². The topological polar surface area (TPSA) is 34.0 Å². The lowest BCUT2D eigenvalue weighted by molar-refractivity contribution is 0.150. The fraction of sp³-hybridized carbons (Fsp3) is 0.778. The van der Waals surface area contributed by atoms with Crippen LogP contribution in [0.1, 0.15) is 32.6 Å². The predicted octanol–water partition coefficient (Wildman–Crippen LogP) is 1.06. The van der Waals surface area contributed by atoms with E-state index < -0.39 is 0 Å². The highest BCUT2D eigenvalue weighted by Crippen LogP contribution is 2.19. The summed E-state index contributed by atoms with van der Waals surface area (Å²) in [5.41, 5.74) is 0. The molecule has 0 saturated heterocycles. The molecule has 2 rings (SSSR count). The summed E-state index contributed by atoms with van der Waals surface area (Å²) >= 11 is 0. The first kappa shape index (κ1) is 8.69. The molecular weight excluding hydrogens is 164 g/mol. The number of nitrogens with zero attached hydrogens (tertiary/aromatic N) is 4. The smallest absolute Gasteiger partial charge is 0.147 e. The van der Waals surface area contributed by atoms with E-state index in [-0.39, 0.29) is 0 Å². The molecule has 13 heavy (non-hydrogen) atoms. The third kappa shape index (κ3) is 1.46. The lowest BCUT2D eigenvalue weighted by Gasteiger charge is -2.34. The summed E-state index contributed by atoms with van der Waals surface area (Å²) in [5, 5.41) is 8.05. The Morgan fingerprint density at radius 2 is 2.31 bits per heavy atom. The zero-order chi connectivity index (χ0) is 9.42. The lowest BCUT2D eigenvalue weighted by Crippen LogP contribution is -2.40. The van der Waals surface area contributed by atoms with Crippen LogP contribution in [-0.2, 0) is 6.54 Å². The highest BCUT2D eigenvalue weighted by atomic mass is 15.3. The van der Waals surface area contributed by atoms with Gasteiger partial charge in [-0.15, -0.1) is 10.2 Å². The van der Waals surface area contributed by atoms with Crippen LogP contribution in [0.5, 0.6) is 0 Å². The van der Waals surface area contributed by atoms with Gasteiger partial charge in [-0.1, -0.05) is 0 Å². The van der Waals surface area contributed by atoms with E-state index in [9.17, 15) is 0 Å². The molecule has 1 aliphatic heterocycles. The molecule has 0 unspecified atom stereocenters. The van der Waals surface area contributed by atoms with Gasteiger partial charge in [-0.05, 0) is 20.8 Å². The van der Waals surface area contributed by atoms with Gasteiger partial charge in [0.25, 0.3) is 0 Å². The van der Waals surface area contributed by atoms with Crippen LogP contribution in [0.2, 0.25) is 0 Å². The highest BCUT2D eigenvalue weighted by molar-refractivity contribution is 4.94. The van der Waals surface area contributed by atoms with E-state index in [0.717, 1.165) is 18.9 Å². The Morgan fingerprint density at radius 1 is 1.54 bits per heavy atom. The Kier molecular flexibility index (Phi) is 2.07. The molecule has 72 valence electrons. The van der Waals surface area contributed by atoms with Crippen molar-refractivity contribution in [2.24, 2.45) is 0 Å². The second kappa shape index (κ2) is 3.10. The van der Waals surface area contributed by atoms with Gasteiger partial charge in [-0.2, -0.15) is 0 Å². The maximum Gasteiger partial charge on any atom is 0.147 e. The van der Waals surface area contributed by atoms with Crippen molar-refractivity contribution in [2.75, 3.05) is 6.54 Å². The number of rotatable bonds is 1. The predicted molar refractivity (Wildman–Crippen MR) is 50.3 cm³/mol. The zero-order valence-electron chi connectivity index (χ0n) is 8.44. The fourth-order valence-corrected chi connectivity index (χ4v) is 1.81. The van der Waals surface area contributed by atoms with Gasteiger partial charge >= 0.3 is 0 Å². The summed E-state index contributed by atoms with van der Waals surface area (Å²) in [7, 11) is 0. The number of hydrogen-bond acceptors (Lipinski definition) is 3. The Labute approximate surface area is 78.6 Å². The number of hydrogen-bond donors (Lipinski definition) is 0. The molecule has 0 bridgehead atoms. The maximum absolute atomic E-state index is 4.11. The quantitative estimate of drug-likeness (QED) is 0.648. The molecule has 2 heterocycles. The first-order valence-corrected chi connectivity index (χ1v) is 4.81. The van der Waals surface area contributed by atoms with Crippen molar-refractivity contribution in [3.05, 3.63) is 12.2 Å². The van der Waals surface area contributed by atoms with Crippen LogP contribution in [0.15, 0.2) is 6.33 Å². The van der Waals surface area contributed by atoms with Crippen LogP contribution < -0.4 is 0 Å². The molecule has 0 N–H and O–H groups in total. The van der Waals surface area contributed by atoms with E-state index in [0.29, 0.717) is 12.1 Å². The van der Waals surface area contributed by atoms with E-state index in [1.54, 1.807) is 0 Å². The third-order valence-electron chi connectivity index (χ3n) is 2.70. The second-order valence-corrected chi connectivity index (χ2v) is 4.03. The standard InChI is InChI=1S/C9H16N4/c1-7(2)12-4-8(3)13-6-10-11-9(13)5-12/h6-8H,4-5H2,1-3H3/t8-/m1/s1. The molecule has 1 aromatic heterocycles. The Balaban J connectivity index is 2.23. The molecule has 0 spiro atoms. The highest BCUT2D eigenvalue weighted by Gasteiger charge is 2.24. The lowest BCUT2D eigenvalue weighted by atomic mass is 10.2. The van der Waals surface area contributed by atoms with E-state index >= 15 is 0 Å². The van der Waals surface area contributed by atoms with Crippen LogP contribution in [0.25, 0.3) is 0 Å². The first-order valence-electron chi connectivity index (χ1n) is 4.81. The summed E-state index contributed by atoms with van der Waals surface area (Å²) < 4.78 is 2.17. The number of fused-ring (bicyclic) bond motifs is 1. The van der Waals surface area contributed by atoms with Crippen LogP contribution in [-0.4, -0.2) is 32.3 Å². The molecule has 0 saturated carbocycles. The van der Waals surface area contributed by atoms with Crippen LogP contribution in [0.3, 0.4) is 0 Å².